The quantitative estimate of drug-likeness (QED) is 0.200. The molecule has 5 aromatic heterocycles. The Morgan fingerprint density at radius 2 is 2.03 bits per heavy atom. The van der Waals surface area contributed by atoms with E-state index in [0.29, 0.717) is 20.9 Å². The predicted octanol–water partition coefficient (Wildman–Crippen LogP) is 3.55. The Morgan fingerprint density at radius 3 is 2.72 bits per heavy atom. The second-order valence-electron chi connectivity index (χ2n) is 7.06. The summed E-state index contributed by atoms with van der Waals surface area (Å²) in [4.78, 5) is 44.8. The molecule has 1 N–H and O–H groups in total. The number of methoxy groups -OCH3 is 1. The summed E-state index contributed by atoms with van der Waals surface area (Å²) < 4.78 is 7.72. The lowest BCUT2D eigenvalue weighted by Crippen LogP contribution is -2.13. The van der Waals surface area contributed by atoms with E-state index in [0.717, 1.165) is 11.3 Å². The zero-order chi connectivity index (χ0) is 25.4. The zero-order valence-electron chi connectivity index (χ0n) is 18.1. The van der Waals surface area contributed by atoms with Crippen LogP contribution >= 0.6 is 22.7 Å². The van der Waals surface area contributed by atoms with E-state index in [1.54, 1.807) is 18.3 Å². The summed E-state index contributed by atoms with van der Waals surface area (Å²) in [6, 6.07) is 9.56. The molecular weight excluding hydrogens is 508 g/mol. The van der Waals surface area contributed by atoms with Crippen molar-refractivity contribution in [3.8, 4) is 17.0 Å². The van der Waals surface area contributed by atoms with Gasteiger partial charge in [0.25, 0.3) is 5.91 Å². The molecule has 0 spiro atoms. The number of fused-ring (bicyclic) bond motifs is 1. The van der Waals surface area contributed by atoms with Gasteiger partial charge in [-0.05, 0) is 24.3 Å². The average Bonchev–Trinajstić information content (AvgIpc) is 3.68. The number of ether oxygens (including phenoxy) is 1. The number of carbonyl (C=O) groups excluding carboxylic acids is 2. The van der Waals surface area contributed by atoms with Crippen molar-refractivity contribution in [3.05, 3.63) is 74.4 Å². The largest absolute Gasteiger partial charge is 0.465 e. The number of nitrogens with zero attached hydrogens (tertiary/aromatic N) is 7. The number of amides is 1. The fourth-order valence-electron chi connectivity index (χ4n) is 3.25. The number of nitro groups is 1. The first-order chi connectivity index (χ1) is 17.4. The van der Waals surface area contributed by atoms with Crippen LogP contribution in [0.1, 0.15) is 24.9 Å². The highest BCUT2D eigenvalue weighted by atomic mass is 32.1. The van der Waals surface area contributed by atoms with Gasteiger partial charge in [-0.1, -0.05) is 11.3 Å². The minimum absolute atomic E-state index is 0.104. The first-order valence-electron chi connectivity index (χ1n) is 9.96. The maximum Gasteiger partial charge on any atom is 0.339 e. The minimum Gasteiger partial charge on any atom is -0.465 e. The van der Waals surface area contributed by atoms with Crippen LogP contribution < -0.4 is 5.32 Å². The summed E-state index contributed by atoms with van der Waals surface area (Å²) in [7, 11) is 1.26. The molecule has 0 unspecified atom stereocenters. The van der Waals surface area contributed by atoms with Crippen molar-refractivity contribution in [1.29, 1.82) is 5.26 Å². The van der Waals surface area contributed by atoms with Gasteiger partial charge in [-0.2, -0.15) is 20.3 Å². The lowest BCUT2D eigenvalue weighted by Gasteiger charge is -2.08. The molecule has 0 saturated carbocycles. The molecule has 5 aromatic rings. The van der Waals surface area contributed by atoms with Gasteiger partial charge in [0.1, 0.15) is 21.8 Å². The van der Waals surface area contributed by atoms with E-state index >= 15 is 0 Å². The molecule has 0 aliphatic carbocycles. The van der Waals surface area contributed by atoms with Crippen LogP contribution in [0.4, 0.5) is 10.8 Å². The fraction of sp³-hybridized carbons (Fsp3) is 0.0476. The van der Waals surface area contributed by atoms with Crippen molar-refractivity contribution in [3.63, 3.8) is 0 Å². The molecule has 15 heteroatoms. The standard InChI is InChI=1S/C21H12N8O5S2/c1-34-20(31)11-6-7-27(10-11)21-25-17(24-19(30)14-3-5-16(36-14)29(32)33)13-9-23-28(18(13)26-21)15-4-2-12(8-22)35-15/h2-7,9-10H,1H3,(H,24,25,26,30). The van der Waals surface area contributed by atoms with E-state index < -0.39 is 16.8 Å². The van der Waals surface area contributed by atoms with Crippen LogP contribution in [0.5, 0.6) is 0 Å². The van der Waals surface area contributed by atoms with Crippen molar-refractivity contribution in [2.75, 3.05) is 12.4 Å². The number of carbonyl (C=O) groups is 2. The van der Waals surface area contributed by atoms with Gasteiger partial charge in [0, 0.05) is 18.5 Å². The molecule has 1 amide bonds. The van der Waals surface area contributed by atoms with Crippen LogP contribution in [0.15, 0.2) is 48.9 Å². The van der Waals surface area contributed by atoms with Crippen LogP contribution in [0, 0.1) is 21.4 Å². The van der Waals surface area contributed by atoms with Gasteiger partial charge in [0.05, 0.1) is 34.1 Å². The van der Waals surface area contributed by atoms with Gasteiger partial charge in [0.2, 0.25) is 5.95 Å². The third-order valence-electron chi connectivity index (χ3n) is 4.90. The van der Waals surface area contributed by atoms with E-state index in [-0.39, 0.29) is 27.2 Å². The highest BCUT2D eigenvalue weighted by Gasteiger charge is 2.21. The number of aromatic nitrogens is 5. The summed E-state index contributed by atoms with van der Waals surface area (Å²) >= 11 is 1.93. The Balaban J connectivity index is 1.62. The Labute approximate surface area is 209 Å². The van der Waals surface area contributed by atoms with Gasteiger partial charge >= 0.3 is 11.0 Å². The van der Waals surface area contributed by atoms with Crippen molar-refractivity contribution in [1.82, 2.24) is 24.3 Å². The molecule has 5 heterocycles. The molecule has 178 valence electrons. The van der Waals surface area contributed by atoms with Crippen LogP contribution in [-0.2, 0) is 4.74 Å². The molecule has 0 radical (unpaired) electrons. The lowest BCUT2D eigenvalue weighted by atomic mass is 10.3. The van der Waals surface area contributed by atoms with Crippen molar-refractivity contribution < 1.29 is 19.2 Å². The molecular formula is C21H12N8O5S2. The Kier molecular flexibility index (Phi) is 5.72. The number of rotatable bonds is 6. The topological polar surface area (TPSA) is 171 Å². The van der Waals surface area contributed by atoms with Crippen LogP contribution in [-0.4, -0.2) is 48.2 Å². The summed E-state index contributed by atoms with van der Waals surface area (Å²) in [5, 5.41) is 28.1. The second kappa shape index (κ2) is 9.02. The second-order valence-corrected chi connectivity index (χ2v) is 9.19. The maximum atomic E-state index is 12.9. The van der Waals surface area contributed by atoms with Crippen LogP contribution in [0.2, 0.25) is 0 Å². The van der Waals surface area contributed by atoms with Crippen molar-refractivity contribution in [2.24, 2.45) is 0 Å². The number of anilines is 1. The summed E-state index contributed by atoms with van der Waals surface area (Å²) in [5.41, 5.74) is 0.593. The van der Waals surface area contributed by atoms with E-state index in [9.17, 15) is 25.0 Å². The molecule has 0 bridgehead atoms. The molecule has 0 atom stereocenters. The molecule has 5 rings (SSSR count). The molecule has 0 aliphatic rings. The molecule has 0 aliphatic heterocycles. The van der Waals surface area contributed by atoms with Crippen molar-refractivity contribution in [2.45, 2.75) is 0 Å². The Hall–Kier alpha value is -4.94. The third-order valence-corrected chi connectivity index (χ3v) is 6.90. The van der Waals surface area contributed by atoms with Crippen LogP contribution in [0.3, 0.4) is 0 Å². The maximum absolute atomic E-state index is 12.9. The molecule has 13 nitrogen and oxygen atoms in total. The van der Waals surface area contributed by atoms with Crippen molar-refractivity contribution >= 4 is 56.4 Å². The van der Waals surface area contributed by atoms with E-state index in [2.05, 4.69) is 26.5 Å². The number of hydrogen-bond donors (Lipinski definition) is 1. The normalized spacial score (nSPS) is 10.8. The first kappa shape index (κ1) is 22.8. The van der Waals surface area contributed by atoms with Gasteiger partial charge in [-0.15, -0.1) is 11.3 Å². The van der Waals surface area contributed by atoms with E-state index in [1.165, 1.54) is 58.3 Å². The average molecular weight is 521 g/mol. The Morgan fingerprint density at radius 1 is 1.19 bits per heavy atom. The molecule has 36 heavy (non-hydrogen) atoms. The smallest absolute Gasteiger partial charge is 0.339 e. The monoisotopic (exact) mass is 520 g/mol. The van der Waals surface area contributed by atoms with Gasteiger partial charge in [-0.25, -0.2) is 9.48 Å². The van der Waals surface area contributed by atoms with Gasteiger partial charge in [-0.3, -0.25) is 19.5 Å². The van der Waals surface area contributed by atoms with Gasteiger partial charge < -0.3 is 10.1 Å². The molecule has 0 saturated heterocycles. The summed E-state index contributed by atoms with van der Waals surface area (Å²) in [5.74, 6) is -0.927. The molecule has 0 fully saturated rings. The van der Waals surface area contributed by atoms with E-state index in [4.69, 9.17) is 4.74 Å². The predicted molar refractivity (Wildman–Crippen MR) is 129 cm³/mol. The number of nitrogens with one attached hydrogen (secondary N) is 1. The highest BCUT2D eigenvalue weighted by molar-refractivity contribution is 7.17. The summed E-state index contributed by atoms with van der Waals surface area (Å²) in [6.07, 6.45) is 4.50. The summed E-state index contributed by atoms with van der Waals surface area (Å²) in [6.45, 7) is 0. The highest BCUT2D eigenvalue weighted by Crippen LogP contribution is 2.29. The SMILES string of the molecule is COC(=O)c1ccn(-c2nc(NC(=O)c3ccc([N+](=O)[O-])s3)c3cnn(-c4ccc(C#N)s4)c3n2)c1. The number of thiophene rings is 2. The Bertz CT molecular complexity index is 1710. The minimum atomic E-state index is -0.600. The number of nitriles is 1. The number of esters is 1. The van der Waals surface area contributed by atoms with Crippen LogP contribution in [0.25, 0.3) is 22.0 Å². The third kappa shape index (κ3) is 4.06. The van der Waals surface area contributed by atoms with E-state index in [1.807, 2.05) is 0 Å². The fourth-order valence-corrected chi connectivity index (χ4v) is 4.73. The van der Waals surface area contributed by atoms with Gasteiger partial charge in [0.15, 0.2) is 5.65 Å². The lowest BCUT2D eigenvalue weighted by molar-refractivity contribution is -0.380. The zero-order valence-corrected chi connectivity index (χ0v) is 19.7. The molecule has 0 aromatic carbocycles. The number of hydrogen-bond acceptors (Lipinski definition) is 11. The first-order valence-corrected chi connectivity index (χ1v) is 11.6.